The second-order valence-electron chi connectivity index (χ2n) is 11.9. The van der Waals surface area contributed by atoms with Crippen LogP contribution in [0.5, 0.6) is 0 Å². The first kappa shape index (κ1) is 32.9. The van der Waals surface area contributed by atoms with E-state index in [1.807, 2.05) is 27.7 Å². The first-order valence-corrected chi connectivity index (χ1v) is 13.9. The molecule has 0 saturated heterocycles. The van der Waals surface area contributed by atoms with Crippen molar-refractivity contribution in [1.29, 1.82) is 0 Å². The summed E-state index contributed by atoms with van der Waals surface area (Å²) in [5, 5.41) is 16.3. The van der Waals surface area contributed by atoms with Crippen LogP contribution in [0.2, 0.25) is 0 Å². The van der Waals surface area contributed by atoms with Crippen LogP contribution < -0.4 is 10.6 Å². The first-order valence-electron chi connectivity index (χ1n) is 13.9. The third-order valence-electron chi connectivity index (χ3n) is 6.93. The highest BCUT2D eigenvalue weighted by Crippen LogP contribution is 2.30. The Balaban J connectivity index is 3.27. The maximum atomic E-state index is 14.2. The molecular weight excluding hydrogens is 474 g/mol. The number of carbonyl (C=O) groups is 3. The molecule has 3 amide bonds. The molecule has 0 aromatic rings. The van der Waals surface area contributed by atoms with E-state index in [0.29, 0.717) is 12.8 Å². The average Bonchev–Trinajstić information content (AvgIpc) is 2.80. The first-order chi connectivity index (χ1) is 17.2. The van der Waals surface area contributed by atoms with Crippen molar-refractivity contribution in [3.05, 3.63) is 0 Å². The third-order valence-corrected chi connectivity index (χ3v) is 6.93. The minimum atomic E-state index is -1.04. The molecule has 1 saturated carbocycles. The molecule has 9 heteroatoms. The Morgan fingerprint density at radius 1 is 1.05 bits per heavy atom. The minimum Gasteiger partial charge on any atom is -0.444 e. The van der Waals surface area contributed by atoms with Gasteiger partial charge in [-0.25, -0.2) is 4.79 Å². The van der Waals surface area contributed by atoms with Gasteiger partial charge in [-0.05, 0) is 58.8 Å². The molecule has 0 aromatic carbocycles. The van der Waals surface area contributed by atoms with Crippen LogP contribution in [0.15, 0.2) is 0 Å². The Morgan fingerprint density at radius 3 is 2.14 bits per heavy atom. The topological polar surface area (TPSA) is 125 Å². The summed E-state index contributed by atoms with van der Waals surface area (Å²) in [4.78, 5) is 52.5. The van der Waals surface area contributed by atoms with Gasteiger partial charge in [0.25, 0.3) is 0 Å². The van der Waals surface area contributed by atoms with E-state index in [4.69, 9.17) is 4.74 Å². The Hall–Kier alpha value is -2.16. The van der Waals surface area contributed by atoms with E-state index in [1.54, 1.807) is 38.9 Å². The molecule has 1 rings (SSSR count). The van der Waals surface area contributed by atoms with Crippen molar-refractivity contribution in [2.45, 2.75) is 143 Å². The van der Waals surface area contributed by atoms with Gasteiger partial charge in [-0.1, -0.05) is 53.4 Å². The van der Waals surface area contributed by atoms with Crippen LogP contribution in [-0.4, -0.2) is 70.1 Å². The molecule has 1 fully saturated rings. The molecular formula is C28H50N3O6. The lowest BCUT2D eigenvalue weighted by atomic mass is 9.87. The largest absolute Gasteiger partial charge is 0.444 e. The number of hydrogen-bond acceptors (Lipinski definition) is 6. The molecule has 1 aliphatic rings. The summed E-state index contributed by atoms with van der Waals surface area (Å²) < 4.78 is 5.25. The number of ether oxygens (including phenoxy) is 1. The summed E-state index contributed by atoms with van der Waals surface area (Å²) in [5.74, 6) is -0.754. The summed E-state index contributed by atoms with van der Waals surface area (Å²) in [5.41, 5.74) is -0.707. The Kier molecular flexibility index (Phi) is 13.6. The molecule has 0 unspecified atom stereocenters. The van der Waals surface area contributed by atoms with Crippen LogP contribution in [-0.2, 0) is 19.1 Å². The number of nitrogens with one attached hydrogen (secondary N) is 2. The van der Waals surface area contributed by atoms with Crippen LogP contribution in [0.3, 0.4) is 0 Å². The van der Waals surface area contributed by atoms with Gasteiger partial charge in [0.15, 0.2) is 0 Å². The van der Waals surface area contributed by atoms with E-state index in [-0.39, 0.29) is 30.2 Å². The third kappa shape index (κ3) is 11.0. The van der Waals surface area contributed by atoms with Crippen LogP contribution in [0.25, 0.3) is 0 Å². The summed E-state index contributed by atoms with van der Waals surface area (Å²) in [7, 11) is 0. The fourth-order valence-corrected chi connectivity index (χ4v) is 4.81. The van der Waals surface area contributed by atoms with Crippen molar-refractivity contribution in [2.24, 2.45) is 11.8 Å². The lowest BCUT2D eigenvalue weighted by Crippen LogP contribution is -2.61. The van der Waals surface area contributed by atoms with Crippen molar-refractivity contribution in [2.75, 3.05) is 0 Å². The molecule has 213 valence electrons. The molecule has 0 spiro atoms. The summed E-state index contributed by atoms with van der Waals surface area (Å²) >= 11 is 0. The SMILES string of the molecule is CC[C@H](C)[C@H](NC(=O)[C@H](C)NC(=O)OC(C)(C)C)C(=O)N(C1CCCCC1)[C@@H](CC(C)C)[C@@H](O)C[C]=O. The van der Waals surface area contributed by atoms with Crippen molar-refractivity contribution in [3.8, 4) is 0 Å². The van der Waals surface area contributed by atoms with Gasteiger partial charge < -0.3 is 25.4 Å². The van der Waals surface area contributed by atoms with Gasteiger partial charge in [0.2, 0.25) is 18.1 Å². The smallest absolute Gasteiger partial charge is 0.408 e. The molecule has 1 aliphatic carbocycles. The maximum absolute atomic E-state index is 14.2. The second kappa shape index (κ2) is 15.3. The Bertz CT molecular complexity index is 745. The highest BCUT2D eigenvalue weighted by atomic mass is 16.6. The molecule has 0 aliphatic heterocycles. The number of amides is 3. The van der Waals surface area contributed by atoms with E-state index in [0.717, 1.165) is 32.1 Å². The van der Waals surface area contributed by atoms with Gasteiger partial charge in [0, 0.05) is 12.5 Å². The van der Waals surface area contributed by atoms with Crippen LogP contribution in [0.4, 0.5) is 4.79 Å². The number of rotatable bonds is 13. The lowest BCUT2D eigenvalue weighted by molar-refractivity contribution is -0.147. The Morgan fingerprint density at radius 2 is 1.65 bits per heavy atom. The van der Waals surface area contributed by atoms with Crippen LogP contribution in [0.1, 0.15) is 107 Å². The number of carbonyl (C=O) groups excluding carboxylic acids is 4. The zero-order chi connectivity index (χ0) is 28.3. The average molecular weight is 525 g/mol. The molecule has 1 radical (unpaired) electrons. The summed E-state index contributed by atoms with van der Waals surface area (Å²) in [6, 6.07) is -2.40. The minimum absolute atomic E-state index is 0.0768. The summed E-state index contributed by atoms with van der Waals surface area (Å²) in [6.07, 6.45) is 5.74. The number of hydrogen-bond donors (Lipinski definition) is 3. The van der Waals surface area contributed by atoms with Gasteiger partial charge in [0.05, 0.1) is 12.1 Å². The zero-order valence-corrected chi connectivity index (χ0v) is 24.1. The van der Waals surface area contributed by atoms with E-state index >= 15 is 0 Å². The van der Waals surface area contributed by atoms with Gasteiger partial charge in [0.1, 0.15) is 17.7 Å². The quantitative estimate of drug-likeness (QED) is 0.336. The predicted octanol–water partition coefficient (Wildman–Crippen LogP) is 3.87. The molecule has 3 N–H and O–H groups in total. The van der Waals surface area contributed by atoms with Crippen molar-refractivity contribution < 1.29 is 29.0 Å². The van der Waals surface area contributed by atoms with Gasteiger partial charge in [-0.2, -0.15) is 0 Å². The highest BCUT2D eigenvalue weighted by Gasteiger charge is 2.41. The van der Waals surface area contributed by atoms with E-state index in [1.165, 1.54) is 0 Å². The van der Waals surface area contributed by atoms with Gasteiger partial charge in [-0.15, -0.1) is 0 Å². The van der Waals surface area contributed by atoms with Crippen LogP contribution in [0, 0.1) is 11.8 Å². The molecule has 0 heterocycles. The lowest BCUT2D eigenvalue weighted by Gasteiger charge is -2.44. The van der Waals surface area contributed by atoms with Crippen LogP contribution >= 0.6 is 0 Å². The van der Waals surface area contributed by atoms with Gasteiger partial charge in [-0.3, -0.25) is 14.4 Å². The maximum Gasteiger partial charge on any atom is 0.408 e. The van der Waals surface area contributed by atoms with E-state index < -0.39 is 41.8 Å². The number of aliphatic hydroxyl groups is 1. The predicted molar refractivity (Wildman–Crippen MR) is 143 cm³/mol. The number of alkyl carbamates (subject to hydrolysis) is 1. The van der Waals surface area contributed by atoms with E-state index in [9.17, 15) is 24.3 Å². The summed E-state index contributed by atoms with van der Waals surface area (Å²) in [6.45, 7) is 14.6. The monoisotopic (exact) mass is 524 g/mol. The Labute approximate surface area is 223 Å². The highest BCUT2D eigenvalue weighted by molar-refractivity contribution is 5.91. The normalized spacial score (nSPS) is 18.8. The number of nitrogens with zero attached hydrogens (tertiary/aromatic N) is 1. The number of aliphatic hydroxyl groups excluding tert-OH is 1. The molecule has 0 aromatic heterocycles. The van der Waals surface area contributed by atoms with Crippen molar-refractivity contribution in [3.63, 3.8) is 0 Å². The zero-order valence-electron chi connectivity index (χ0n) is 24.1. The fourth-order valence-electron chi connectivity index (χ4n) is 4.81. The second-order valence-corrected chi connectivity index (χ2v) is 11.9. The van der Waals surface area contributed by atoms with E-state index in [2.05, 4.69) is 10.6 Å². The standard InChI is InChI=1S/C28H50N3O6/c1-9-19(4)24(30-25(34)20(5)29-27(36)37-28(6,7)8)26(35)31(21-13-11-10-12-14-21)22(17-18(2)3)23(33)15-16-32/h18-24,33H,9-15,17H2,1-8H3,(H,29,36)(H,30,34)/t19-,20-,22-,23-,24-/m0/s1. The molecule has 5 atom stereocenters. The van der Waals surface area contributed by atoms with Crippen molar-refractivity contribution in [1.82, 2.24) is 15.5 Å². The molecule has 0 bridgehead atoms. The van der Waals surface area contributed by atoms with Gasteiger partial charge >= 0.3 is 6.09 Å². The molecule has 9 nitrogen and oxygen atoms in total. The van der Waals surface area contributed by atoms with Crippen molar-refractivity contribution >= 4 is 24.2 Å². The fraction of sp³-hybridized carbons (Fsp3) is 0.857. The molecule has 37 heavy (non-hydrogen) atoms.